The third kappa shape index (κ3) is 3.15. The van der Waals surface area contributed by atoms with Crippen molar-refractivity contribution < 1.29 is 0 Å². The van der Waals surface area contributed by atoms with Crippen LogP contribution >= 0.6 is 12.6 Å². The maximum Gasteiger partial charge on any atom is 0.0154 e. The Morgan fingerprint density at radius 2 is 1.82 bits per heavy atom. The first kappa shape index (κ1) is 15.4. The molecule has 2 aliphatic rings. The summed E-state index contributed by atoms with van der Waals surface area (Å²) in [5, 5.41) is 0. The van der Waals surface area contributed by atoms with Gasteiger partial charge in [-0.05, 0) is 39.7 Å². The molecule has 0 fully saturated rings. The molecule has 0 heterocycles. The lowest BCUT2D eigenvalue weighted by molar-refractivity contribution is 0.590. The predicted molar refractivity (Wildman–Crippen MR) is 100 cm³/mol. The highest BCUT2D eigenvalue weighted by molar-refractivity contribution is 7.80. The molecule has 1 heteroatoms. The van der Waals surface area contributed by atoms with Crippen LogP contribution in [0.4, 0.5) is 0 Å². The maximum absolute atomic E-state index is 4.39. The molecular weight excluding hydrogens is 284 g/mol. The van der Waals surface area contributed by atoms with Crippen LogP contribution in [0.3, 0.4) is 0 Å². The summed E-state index contributed by atoms with van der Waals surface area (Å²) in [6.45, 7) is 6.77. The Bertz CT molecular complexity index is 676. The van der Waals surface area contributed by atoms with E-state index < -0.39 is 0 Å². The Balaban J connectivity index is 1.88. The van der Waals surface area contributed by atoms with Crippen molar-refractivity contribution in [2.45, 2.75) is 32.6 Å². The fourth-order valence-electron chi connectivity index (χ4n) is 3.04. The zero-order valence-electron chi connectivity index (χ0n) is 13.6. The highest BCUT2D eigenvalue weighted by atomic mass is 32.1. The number of allylic oxidation sites excluding steroid dienone is 7. The van der Waals surface area contributed by atoms with E-state index in [0.717, 1.165) is 12.2 Å². The van der Waals surface area contributed by atoms with E-state index in [4.69, 9.17) is 0 Å². The van der Waals surface area contributed by atoms with Gasteiger partial charge in [0.1, 0.15) is 0 Å². The lowest BCUT2D eigenvalue weighted by Crippen LogP contribution is -2.11. The van der Waals surface area contributed by atoms with E-state index in [2.05, 4.69) is 88.0 Å². The summed E-state index contributed by atoms with van der Waals surface area (Å²) in [6.07, 6.45) is 12.6. The molecule has 0 spiro atoms. The third-order valence-corrected chi connectivity index (χ3v) is 4.87. The number of benzene rings is 1. The molecule has 0 bridgehead atoms. The zero-order valence-corrected chi connectivity index (χ0v) is 14.5. The Hall–Kier alpha value is -1.47. The number of fused-ring (bicyclic) bond motifs is 1. The minimum Gasteiger partial charge on any atom is -0.175 e. The monoisotopic (exact) mass is 308 g/mol. The van der Waals surface area contributed by atoms with Crippen molar-refractivity contribution in [1.29, 1.82) is 0 Å². The molecule has 22 heavy (non-hydrogen) atoms. The smallest absolute Gasteiger partial charge is 0.0154 e. The summed E-state index contributed by atoms with van der Waals surface area (Å²) in [6, 6.07) is 9.03. The first-order chi connectivity index (χ1) is 10.5. The van der Waals surface area contributed by atoms with Gasteiger partial charge < -0.3 is 0 Å². The lowest BCUT2D eigenvalue weighted by atomic mass is 9.81. The van der Waals surface area contributed by atoms with Gasteiger partial charge in [-0.1, -0.05) is 75.4 Å². The second kappa shape index (κ2) is 5.96. The zero-order chi connectivity index (χ0) is 15.7. The van der Waals surface area contributed by atoms with E-state index >= 15 is 0 Å². The van der Waals surface area contributed by atoms with Crippen molar-refractivity contribution in [3.63, 3.8) is 0 Å². The van der Waals surface area contributed by atoms with Crippen molar-refractivity contribution in [3.05, 3.63) is 76.9 Å². The van der Waals surface area contributed by atoms with E-state index in [1.807, 2.05) is 0 Å². The second-order valence-corrected chi connectivity index (χ2v) is 7.53. The van der Waals surface area contributed by atoms with Crippen LogP contribution in [0.1, 0.15) is 38.3 Å². The lowest BCUT2D eigenvalue weighted by Gasteiger charge is -2.24. The highest BCUT2D eigenvalue weighted by Gasteiger charge is 2.18. The summed E-state index contributed by atoms with van der Waals surface area (Å²) in [7, 11) is 0. The minimum atomic E-state index is 0.210. The SMILES string of the molecule is CC(C)(C)c1ccc(C2=CCC3C=CC(CS)=CC3=C2)cc1. The molecule has 1 unspecified atom stereocenters. The van der Waals surface area contributed by atoms with Crippen LogP contribution in [0.15, 0.2) is 65.8 Å². The van der Waals surface area contributed by atoms with Gasteiger partial charge in [0.15, 0.2) is 0 Å². The molecule has 114 valence electrons. The van der Waals surface area contributed by atoms with Gasteiger partial charge in [0.2, 0.25) is 0 Å². The summed E-state index contributed by atoms with van der Waals surface area (Å²) in [5.74, 6) is 1.35. The van der Waals surface area contributed by atoms with Crippen LogP contribution in [0.2, 0.25) is 0 Å². The molecule has 1 aromatic carbocycles. The summed E-state index contributed by atoms with van der Waals surface area (Å²) >= 11 is 4.39. The molecule has 0 radical (unpaired) electrons. The number of hydrogen-bond acceptors (Lipinski definition) is 1. The molecule has 1 aromatic rings. The normalized spacial score (nSPS) is 20.9. The van der Waals surface area contributed by atoms with Crippen molar-refractivity contribution in [1.82, 2.24) is 0 Å². The Morgan fingerprint density at radius 1 is 1.09 bits per heavy atom. The van der Waals surface area contributed by atoms with Gasteiger partial charge in [-0.3, -0.25) is 0 Å². The van der Waals surface area contributed by atoms with Crippen LogP contribution in [0.5, 0.6) is 0 Å². The first-order valence-corrected chi connectivity index (χ1v) is 8.63. The minimum absolute atomic E-state index is 0.210. The Kier molecular flexibility index (Phi) is 4.18. The molecule has 0 aromatic heterocycles. The fourth-order valence-corrected chi connectivity index (χ4v) is 3.23. The van der Waals surface area contributed by atoms with Crippen LogP contribution in [0.25, 0.3) is 5.57 Å². The number of hydrogen-bond donors (Lipinski definition) is 1. The van der Waals surface area contributed by atoms with E-state index in [0.29, 0.717) is 5.92 Å². The van der Waals surface area contributed by atoms with E-state index in [1.54, 1.807) is 0 Å². The van der Waals surface area contributed by atoms with Crippen LogP contribution in [-0.4, -0.2) is 5.75 Å². The largest absolute Gasteiger partial charge is 0.175 e. The standard InChI is InChI=1S/C21H24S/c1-21(2,3)20-10-8-16(9-11-20)18-7-6-17-5-4-15(14-22)12-19(17)13-18/h4-5,7-13,17,22H,6,14H2,1-3H3. The summed E-state index contributed by atoms with van der Waals surface area (Å²) < 4.78 is 0. The van der Waals surface area contributed by atoms with Crippen LogP contribution in [0, 0.1) is 5.92 Å². The molecule has 0 saturated carbocycles. The Labute approximate surface area is 139 Å². The fraction of sp³-hybridized carbons (Fsp3) is 0.333. The average Bonchev–Trinajstić information content (AvgIpc) is 2.53. The van der Waals surface area contributed by atoms with Gasteiger partial charge in [0, 0.05) is 11.7 Å². The molecule has 3 rings (SSSR count). The van der Waals surface area contributed by atoms with Gasteiger partial charge in [-0.25, -0.2) is 0 Å². The van der Waals surface area contributed by atoms with E-state index in [-0.39, 0.29) is 5.41 Å². The quantitative estimate of drug-likeness (QED) is 0.662. The molecule has 0 N–H and O–H groups in total. The second-order valence-electron chi connectivity index (χ2n) is 7.21. The van der Waals surface area contributed by atoms with Crippen molar-refractivity contribution in [2.24, 2.45) is 5.92 Å². The molecule has 0 aliphatic heterocycles. The third-order valence-electron chi connectivity index (χ3n) is 4.50. The van der Waals surface area contributed by atoms with Crippen molar-refractivity contribution >= 4 is 18.2 Å². The van der Waals surface area contributed by atoms with Crippen molar-refractivity contribution in [3.8, 4) is 0 Å². The maximum atomic E-state index is 4.39. The van der Waals surface area contributed by atoms with Gasteiger partial charge >= 0.3 is 0 Å². The Morgan fingerprint density at radius 3 is 2.45 bits per heavy atom. The predicted octanol–water partition coefficient (Wildman–Crippen LogP) is 5.74. The van der Waals surface area contributed by atoms with E-state index in [1.165, 1.54) is 27.8 Å². The van der Waals surface area contributed by atoms with Crippen molar-refractivity contribution in [2.75, 3.05) is 5.75 Å². The molecule has 1 atom stereocenters. The molecule has 2 aliphatic carbocycles. The summed E-state index contributed by atoms with van der Waals surface area (Å²) in [4.78, 5) is 0. The van der Waals surface area contributed by atoms with Gasteiger partial charge in [-0.2, -0.15) is 12.6 Å². The van der Waals surface area contributed by atoms with E-state index in [9.17, 15) is 0 Å². The van der Waals surface area contributed by atoms with Gasteiger partial charge in [0.05, 0.1) is 0 Å². The van der Waals surface area contributed by atoms with Gasteiger partial charge in [-0.15, -0.1) is 0 Å². The van der Waals surface area contributed by atoms with Crippen LogP contribution in [-0.2, 0) is 5.41 Å². The molecule has 0 nitrogen and oxygen atoms in total. The molecule has 0 amide bonds. The number of thiol groups is 1. The average molecular weight is 308 g/mol. The highest BCUT2D eigenvalue weighted by Crippen LogP contribution is 2.34. The number of rotatable bonds is 2. The topological polar surface area (TPSA) is 0 Å². The molecular formula is C21H24S. The first-order valence-electron chi connectivity index (χ1n) is 8.00. The summed E-state index contributed by atoms with van der Waals surface area (Å²) in [5.41, 5.74) is 6.97. The molecule has 0 saturated heterocycles. The van der Waals surface area contributed by atoms with Gasteiger partial charge in [0.25, 0.3) is 0 Å². The van der Waals surface area contributed by atoms with Crippen LogP contribution < -0.4 is 0 Å².